The predicted molar refractivity (Wildman–Crippen MR) is 134 cm³/mol. The average molecular weight is 511 g/mol. The lowest BCUT2D eigenvalue weighted by Gasteiger charge is -2.23. The third kappa shape index (κ3) is 3.81. The quantitative estimate of drug-likeness (QED) is 0.199. The number of fused-ring (bicyclic) bond motifs is 1. The molecule has 170 valence electrons. The number of benzene rings is 3. The number of anilines is 1. The zero-order valence-electron chi connectivity index (χ0n) is 17.7. The number of carbonyl (C=O) groups excluding carboxylic acids is 2. The highest BCUT2D eigenvalue weighted by Gasteiger charge is 2.48. The van der Waals surface area contributed by atoms with E-state index in [2.05, 4.69) is 4.98 Å². The maximum absolute atomic E-state index is 13.3. The van der Waals surface area contributed by atoms with Crippen LogP contribution in [0.25, 0.3) is 16.0 Å². The summed E-state index contributed by atoms with van der Waals surface area (Å²) in [5.74, 6) is -1.39. The van der Waals surface area contributed by atoms with Crippen LogP contribution in [0, 0.1) is 0 Å². The number of ether oxygens (including phenoxy) is 1. The highest BCUT2D eigenvalue weighted by atomic mass is 35.5. The molecule has 0 aliphatic carbocycles. The van der Waals surface area contributed by atoms with E-state index in [-0.39, 0.29) is 11.3 Å². The zero-order chi connectivity index (χ0) is 24.0. The molecule has 1 amide bonds. The Kier molecular flexibility index (Phi) is 5.77. The van der Waals surface area contributed by atoms with Crippen LogP contribution >= 0.6 is 34.5 Å². The first-order chi connectivity index (χ1) is 16.4. The van der Waals surface area contributed by atoms with Crippen molar-refractivity contribution in [1.82, 2.24) is 4.98 Å². The summed E-state index contributed by atoms with van der Waals surface area (Å²) in [6.45, 7) is 0. The molecule has 1 aliphatic heterocycles. The topological polar surface area (TPSA) is 79.7 Å². The molecule has 0 saturated carbocycles. The van der Waals surface area contributed by atoms with Gasteiger partial charge in [0, 0.05) is 15.6 Å². The van der Waals surface area contributed by atoms with Crippen molar-refractivity contribution in [3.63, 3.8) is 0 Å². The third-order valence-electron chi connectivity index (χ3n) is 5.52. The van der Waals surface area contributed by atoms with Crippen LogP contribution in [0.3, 0.4) is 0 Å². The van der Waals surface area contributed by atoms with Crippen LogP contribution < -0.4 is 9.64 Å². The molecular formula is C25H16Cl2N2O4S. The van der Waals surface area contributed by atoms with Crippen LogP contribution in [0.5, 0.6) is 5.75 Å². The van der Waals surface area contributed by atoms with Crippen molar-refractivity contribution < 1.29 is 19.4 Å². The van der Waals surface area contributed by atoms with Gasteiger partial charge in [-0.25, -0.2) is 4.98 Å². The van der Waals surface area contributed by atoms with Gasteiger partial charge < -0.3 is 9.84 Å². The fourth-order valence-corrected chi connectivity index (χ4v) is 5.30. The fourth-order valence-electron chi connectivity index (χ4n) is 3.91. The Bertz CT molecular complexity index is 1480. The number of aliphatic hydroxyl groups excluding tert-OH is 1. The molecule has 34 heavy (non-hydrogen) atoms. The van der Waals surface area contributed by atoms with Gasteiger partial charge >= 0.3 is 5.91 Å². The van der Waals surface area contributed by atoms with Gasteiger partial charge in [0.05, 0.1) is 28.9 Å². The van der Waals surface area contributed by atoms with Gasteiger partial charge in [-0.1, -0.05) is 58.8 Å². The van der Waals surface area contributed by atoms with Gasteiger partial charge in [0.15, 0.2) is 5.13 Å². The number of hydrogen-bond donors (Lipinski definition) is 1. The van der Waals surface area contributed by atoms with Gasteiger partial charge in [-0.05, 0) is 48.0 Å². The zero-order valence-corrected chi connectivity index (χ0v) is 20.0. The van der Waals surface area contributed by atoms with Crippen LogP contribution in [-0.4, -0.2) is 28.9 Å². The number of methoxy groups -OCH3 is 1. The van der Waals surface area contributed by atoms with E-state index in [9.17, 15) is 14.7 Å². The Morgan fingerprint density at radius 3 is 2.50 bits per heavy atom. The maximum atomic E-state index is 13.3. The number of thiazole rings is 1. The average Bonchev–Trinajstić information content (AvgIpc) is 3.37. The molecule has 4 aromatic rings. The minimum atomic E-state index is -0.903. The number of Topliss-reactive ketones (excluding diaryl/α,β-unsaturated/α-hetero) is 1. The smallest absolute Gasteiger partial charge is 0.301 e. The molecular weight excluding hydrogens is 495 g/mol. The van der Waals surface area contributed by atoms with Crippen LogP contribution in [0.2, 0.25) is 10.0 Å². The predicted octanol–water partition coefficient (Wildman–Crippen LogP) is 6.24. The number of ketones is 1. The number of aliphatic hydroxyl groups is 1. The highest BCUT2D eigenvalue weighted by Crippen LogP contribution is 2.44. The summed E-state index contributed by atoms with van der Waals surface area (Å²) in [6, 6.07) is 17.7. The normalized spacial score (nSPS) is 17.5. The summed E-state index contributed by atoms with van der Waals surface area (Å²) in [5, 5.41) is 12.6. The molecule has 1 aliphatic rings. The molecule has 0 bridgehead atoms. The summed E-state index contributed by atoms with van der Waals surface area (Å²) in [6.07, 6.45) is 0. The van der Waals surface area contributed by atoms with Crippen molar-refractivity contribution in [3.8, 4) is 5.75 Å². The van der Waals surface area contributed by atoms with E-state index in [1.54, 1.807) is 66.7 Å². The molecule has 1 saturated heterocycles. The molecule has 3 aromatic carbocycles. The van der Waals surface area contributed by atoms with Gasteiger partial charge in [-0.15, -0.1) is 0 Å². The van der Waals surface area contributed by atoms with Gasteiger partial charge in [0.2, 0.25) is 0 Å². The first kappa shape index (κ1) is 22.4. The Labute approximate surface area is 208 Å². The minimum absolute atomic E-state index is 0.0436. The first-order valence-corrected chi connectivity index (χ1v) is 11.7. The molecule has 6 nitrogen and oxygen atoms in total. The number of hydrogen-bond acceptors (Lipinski definition) is 6. The van der Waals surface area contributed by atoms with Crippen molar-refractivity contribution in [1.29, 1.82) is 0 Å². The standard InChI is InChI=1S/C25H16Cl2N2O4S/c1-33-17-4-2-3-14(11-17)22(30)20-21(13-5-7-15(26)8-6-13)29(24(32)23(20)31)25-28-18-10-9-16(27)12-19(18)34-25/h2-12,21,30H,1H3. The highest BCUT2D eigenvalue weighted by molar-refractivity contribution is 7.22. The number of nitrogens with zero attached hydrogens (tertiary/aromatic N) is 2. The molecule has 1 unspecified atom stereocenters. The largest absolute Gasteiger partial charge is 0.507 e. The molecule has 1 N–H and O–H groups in total. The van der Waals surface area contributed by atoms with Gasteiger partial charge in [0.25, 0.3) is 5.78 Å². The summed E-state index contributed by atoms with van der Waals surface area (Å²) >= 11 is 13.4. The fraction of sp³-hybridized carbons (Fsp3) is 0.0800. The second-order valence-corrected chi connectivity index (χ2v) is 9.44. The van der Waals surface area contributed by atoms with Crippen molar-refractivity contribution in [3.05, 3.63) is 93.5 Å². The Hall–Kier alpha value is -3.39. The van der Waals surface area contributed by atoms with E-state index in [1.807, 2.05) is 0 Å². The van der Waals surface area contributed by atoms with Crippen molar-refractivity contribution in [2.75, 3.05) is 12.0 Å². The van der Waals surface area contributed by atoms with Crippen LogP contribution in [0.1, 0.15) is 17.2 Å². The third-order valence-corrected chi connectivity index (χ3v) is 7.02. The molecule has 0 radical (unpaired) electrons. The summed E-state index contributed by atoms with van der Waals surface area (Å²) in [5.41, 5.74) is 1.56. The Balaban J connectivity index is 1.73. The Morgan fingerprint density at radius 2 is 1.76 bits per heavy atom. The van der Waals surface area contributed by atoms with E-state index < -0.39 is 17.7 Å². The van der Waals surface area contributed by atoms with Crippen molar-refractivity contribution >= 4 is 67.3 Å². The van der Waals surface area contributed by atoms with Crippen LogP contribution in [0.15, 0.2) is 72.3 Å². The van der Waals surface area contributed by atoms with E-state index in [4.69, 9.17) is 27.9 Å². The van der Waals surface area contributed by atoms with Crippen LogP contribution in [-0.2, 0) is 9.59 Å². The van der Waals surface area contributed by atoms with Crippen LogP contribution in [0.4, 0.5) is 5.13 Å². The number of halogens is 2. The van der Waals surface area contributed by atoms with Gasteiger partial charge in [-0.2, -0.15) is 0 Å². The molecule has 5 rings (SSSR count). The molecule has 2 heterocycles. The van der Waals surface area contributed by atoms with E-state index in [1.165, 1.54) is 23.3 Å². The van der Waals surface area contributed by atoms with Gasteiger partial charge in [-0.3, -0.25) is 14.5 Å². The lowest BCUT2D eigenvalue weighted by molar-refractivity contribution is -0.132. The molecule has 1 aromatic heterocycles. The van der Waals surface area contributed by atoms with Crippen molar-refractivity contribution in [2.45, 2.75) is 6.04 Å². The van der Waals surface area contributed by atoms with E-state index >= 15 is 0 Å². The number of carbonyl (C=O) groups is 2. The maximum Gasteiger partial charge on any atom is 0.301 e. The number of rotatable bonds is 4. The monoisotopic (exact) mass is 510 g/mol. The second-order valence-electron chi connectivity index (χ2n) is 7.56. The number of aromatic nitrogens is 1. The molecule has 0 spiro atoms. The van der Waals surface area contributed by atoms with Gasteiger partial charge in [0.1, 0.15) is 11.5 Å². The Morgan fingerprint density at radius 1 is 1.03 bits per heavy atom. The second kappa shape index (κ2) is 8.76. The summed E-state index contributed by atoms with van der Waals surface area (Å²) < 4.78 is 6.01. The lowest BCUT2D eigenvalue weighted by Crippen LogP contribution is -2.29. The van der Waals surface area contributed by atoms with E-state index in [0.29, 0.717) is 37.6 Å². The summed E-state index contributed by atoms with van der Waals surface area (Å²) in [4.78, 5) is 32.4. The number of amides is 1. The first-order valence-electron chi connectivity index (χ1n) is 10.1. The molecule has 9 heteroatoms. The molecule has 1 fully saturated rings. The minimum Gasteiger partial charge on any atom is -0.507 e. The van der Waals surface area contributed by atoms with Crippen molar-refractivity contribution in [2.24, 2.45) is 0 Å². The lowest BCUT2D eigenvalue weighted by atomic mass is 9.95. The SMILES string of the molecule is COc1cccc(C(O)=C2C(=O)C(=O)N(c3nc4ccc(Cl)cc4s3)C2c2ccc(Cl)cc2)c1. The van der Waals surface area contributed by atoms with E-state index in [0.717, 1.165) is 4.70 Å². The molecule has 1 atom stereocenters. The summed E-state index contributed by atoms with van der Waals surface area (Å²) in [7, 11) is 1.51.